The van der Waals surface area contributed by atoms with E-state index in [0.29, 0.717) is 37.4 Å². The number of carboxylic acid groups (broad SMARTS) is 2. The molecule has 0 bridgehead atoms. The van der Waals surface area contributed by atoms with Crippen molar-refractivity contribution in [1.29, 1.82) is 0 Å². The molecule has 0 spiro atoms. The molecule has 196 valence electrons. The second kappa shape index (κ2) is 7.57. The van der Waals surface area contributed by atoms with Crippen molar-refractivity contribution >= 4 is 17.7 Å². The number of carbonyl (C=O) groups excluding carboxylic acids is 1. The second-order valence-electron chi connectivity index (χ2n) is 14.5. The smallest absolute Gasteiger partial charge is 0.310 e. The maximum absolute atomic E-state index is 13.5. The molecule has 0 aromatic carbocycles. The van der Waals surface area contributed by atoms with Crippen LogP contribution in [0.15, 0.2) is 0 Å². The van der Waals surface area contributed by atoms with Gasteiger partial charge < -0.3 is 10.2 Å². The Labute approximate surface area is 210 Å². The topological polar surface area (TPSA) is 91.7 Å². The minimum Gasteiger partial charge on any atom is -0.481 e. The lowest BCUT2D eigenvalue weighted by atomic mass is 9.31. The molecule has 10 atom stereocenters. The lowest BCUT2D eigenvalue weighted by molar-refractivity contribution is -0.255. The molecule has 0 aromatic heterocycles. The van der Waals surface area contributed by atoms with Crippen molar-refractivity contribution in [3.05, 3.63) is 0 Å². The molecular weight excluding hydrogens is 440 g/mol. The maximum atomic E-state index is 13.5. The molecular formula is C30H46O5. The summed E-state index contributed by atoms with van der Waals surface area (Å²) in [5.74, 6) is -0.0388. The molecule has 35 heavy (non-hydrogen) atoms. The van der Waals surface area contributed by atoms with Crippen LogP contribution < -0.4 is 0 Å². The quantitative estimate of drug-likeness (QED) is 0.468. The Hall–Kier alpha value is -1.39. The van der Waals surface area contributed by atoms with Crippen molar-refractivity contribution in [2.24, 2.45) is 62.6 Å². The van der Waals surface area contributed by atoms with Crippen molar-refractivity contribution < 1.29 is 24.6 Å². The number of carboxylic acids is 2. The van der Waals surface area contributed by atoms with Crippen LogP contribution in [0.5, 0.6) is 0 Å². The number of fused-ring (bicyclic) bond motifs is 7. The summed E-state index contributed by atoms with van der Waals surface area (Å²) in [6, 6.07) is 0. The summed E-state index contributed by atoms with van der Waals surface area (Å²) in [5, 5.41) is 21.7. The fourth-order valence-electron chi connectivity index (χ4n) is 11.6. The second-order valence-corrected chi connectivity index (χ2v) is 14.5. The zero-order valence-corrected chi connectivity index (χ0v) is 22.7. The molecule has 5 nitrogen and oxygen atoms in total. The number of hydrogen-bond donors (Lipinski definition) is 2. The predicted molar refractivity (Wildman–Crippen MR) is 134 cm³/mol. The Bertz CT molecular complexity index is 954. The van der Waals surface area contributed by atoms with E-state index in [1.165, 1.54) is 0 Å². The summed E-state index contributed by atoms with van der Waals surface area (Å²) in [5.41, 5.74) is -2.46. The molecule has 5 heteroatoms. The van der Waals surface area contributed by atoms with Crippen molar-refractivity contribution in [1.82, 2.24) is 0 Å². The molecule has 2 N–H and O–H groups in total. The summed E-state index contributed by atoms with van der Waals surface area (Å²) in [6.07, 6.45) is 7.50. The standard InChI is InChI=1S/C30H46O5/c1-17-9-14-29(24(32)33)15-16-30(25(34)35)19(23(29)18(17)2)7-8-21-27(5)12-11-22(31)26(3,4)20(27)10-13-28(21,30)6/h17-21,23H,7-16H2,1-6H3,(H,32,33)(H,34,35)/t17-,18+,19-,20-,21+,23-,27+,28-,29+,30-/m1/s1. The first-order valence-corrected chi connectivity index (χ1v) is 14.2. The van der Waals surface area contributed by atoms with Crippen molar-refractivity contribution in [2.75, 3.05) is 0 Å². The molecule has 5 aliphatic rings. The average Bonchev–Trinajstić information content (AvgIpc) is 2.78. The lowest BCUT2D eigenvalue weighted by Gasteiger charge is -2.72. The highest BCUT2D eigenvalue weighted by Crippen LogP contribution is 2.77. The fraction of sp³-hybridized carbons (Fsp3) is 0.900. The number of ketones is 1. The number of carbonyl (C=O) groups is 3. The molecule has 5 aliphatic carbocycles. The van der Waals surface area contributed by atoms with Gasteiger partial charge in [0, 0.05) is 11.8 Å². The van der Waals surface area contributed by atoms with Gasteiger partial charge >= 0.3 is 11.9 Å². The van der Waals surface area contributed by atoms with E-state index < -0.39 is 22.8 Å². The molecule has 0 saturated heterocycles. The summed E-state index contributed by atoms with van der Waals surface area (Å²) in [4.78, 5) is 39.3. The highest BCUT2D eigenvalue weighted by Gasteiger charge is 2.75. The van der Waals surface area contributed by atoms with Gasteiger partial charge in [0.05, 0.1) is 10.8 Å². The third-order valence-electron chi connectivity index (χ3n) is 13.6. The van der Waals surface area contributed by atoms with Crippen LogP contribution in [0.25, 0.3) is 0 Å². The molecule has 0 aromatic rings. The minimum atomic E-state index is -0.884. The van der Waals surface area contributed by atoms with Gasteiger partial charge in [-0.1, -0.05) is 41.5 Å². The van der Waals surface area contributed by atoms with Gasteiger partial charge in [-0.3, -0.25) is 14.4 Å². The van der Waals surface area contributed by atoms with Gasteiger partial charge in [-0.05, 0) is 104 Å². The van der Waals surface area contributed by atoms with Crippen LogP contribution in [0.4, 0.5) is 0 Å². The van der Waals surface area contributed by atoms with Gasteiger partial charge in [-0.15, -0.1) is 0 Å². The van der Waals surface area contributed by atoms with Crippen LogP contribution in [0.3, 0.4) is 0 Å². The van der Waals surface area contributed by atoms with Crippen LogP contribution in [0.2, 0.25) is 0 Å². The predicted octanol–water partition coefficient (Wildman–Crippen LogP) is 6.44. The van der Waals surface area contributed by atoms with Gasteiger partial charge in [0.1, 0.15) is 5.78 Å². The fourth-order valence-corrected chi connectivity index (χ4v) is 11.6. The van der Waals surface area contributed by atoms with E-state index in [0.717, 1.165) is 38.5 Å². The molecule has 0 aliphatic heterocycles. The summed E-state index contributed by atoms with van der Waals surface area (Å²) < 4.78 is 0. The Kier molecular flexibility index (Phi) is 5.46. The summed E-state index contributed by atoms with van der Waals surface area (Å²) in [7, 11) is 0. The Morgan fingerprint density at radius 1 is 0.800 bits per heavy atom. The normalized spacial score (nSPS) is 52.9. The van der Waals surface area contributed by atoms with Gasteiger partial charge in [0.15, 0.2) is 0 Å². The van der Waals surface area contributed by atoms with E-state index in [1.807, 2.05) is 0 Å². The molecule has 5 fully saturated rings. The van der Waals surface area contributed by atoms with Crippen molar-refractivity contribution in [2.45, 2.75) is 106 Å². The number of aliphatic carboxylic acids is 2. The van der Waals surface area contributed by atoms with Crippen LogP contribution >= 0.6 is 0 Å². The Balaban J connectivity index is 1.64. The lowest BCUT2D eigenvalue weighted by Crippen LogP contribution is -2.70. The number of hydrogen-bond acceptors (Lipinski definition) is 3. The Morgan fingerprint density at radius 3 is 2.11 bits per heavy atom. The van der Waals surface area contributed by atoms with E-state index in [-0.39, 0.29) is 45.8 Å². The van der Waals surface area contributed by atoms with Gasteiger partial charge in [0.25, 0.3) is 0 Å². The third kappa shape index (κ3) is 2.85. The molecule has 0 heterocycles. The van der Waals surface area contributed by atoms with Crippen LogP contribution in [-0.4, -0.2) is 27.9 Å². The average molecular weight is 487 g/mol. The van der Waals surface area contributed by atoms with E-state index in [4.69, 9.17) is 0 Å². The minimum absolute atomic E-state index is 0.0510. The molecule has 0 amide bonds. The van der Waals surface area contributed by atoms with Crippen molar-refractivity contribution in [3.63, 3.8) is 0 Å². The molecule has 5 rings (SSSR count). The molecule has 0 radical (unpaired) electrons. The summed E-state index contributed by atoms with van der Waals surface area (Å²) >= 11 is 0. The highest BCUT2D eigenvalue weighted by atomic mass is 16.4. The first kappa shape index (κ1) is 25.3. The largest absolute Gasteiger partial charge is 0.481 e. The zero-order chi connectivity index (χ0) is 25.8. The third-order valence-corrected chi connectivity index (χ3v) is 13.6. The Morgan fingerprint density at radius 2 is 1.49 bits per heavy atom. The van der Waals surface area contributed by atoms with Crippen LogP contribution in [-0.2, 0) is 14.4 Å². The van der Waals surface area contributed by atoms with E-state index in [2.05, 4.69) is 41.5 Å². The van der Waals surface area contributed by atoms with Crippen LogP contribution in [0.1, 0.15) is 106 Å². The van der Waals surface area contributed by atoms with Crippen LogP contribution in [0, 0.1) is 62.6 Å². The first-order valence-electron chi connectivity index (χ1n) is 14.2. The zero-order valence-electron chi connectivity index (χ0n) is 22.7. The van der Waals surface area contributed by atoms with E-state index in [1.54, 1.807) is 0 Å². The maximum Gasteiger partial charge on any atom is 0.310 e. The van der Waals surface area contributed by atoms with Gasteiger partial charge in [0.2, 0.25) is 0 Å². The van der Waals surface area contributed by atoms with E-state index >= 15 is 0 Å². The number of rotatable bonds is 2. The molecule has 0 unspecified atom stereocenters. The van der Waals surface area contributed by atoms with E-state index in [9.17, 15) is 24.6 Å². The SMILES string of the molecule is C[C@@H]1[C@@H]2[C@H]3CC[C@H]4[C@@]5(C)CCC(=O)C(C)(C)[C@H]5CC[C@@]4(C)[C@]3(C(=O)O)CC[C@@]2(C(=O)O)CC[C@H]1C. The number of Topliss-reactive ketones (excluding diaryl/α,β-unsaturated/α-hetero) is 1. The highest BCUT2D eigenvalue weighted by molar-refractivity contribution is 5.85. The van der Waals surface area contributed by atoms with Crippen molar-refractivity contribution in [3.8, 4) is 0 Å². The first-order chi connectivity index (χ1) is 16.2. The summed E-state index contributed by atoms with van der Waals surface area (Å²) in [6.45, 7) is 13.3. The monoisotopic (exact) mass is 486 g/mol. The molecule has 5 saturated carbocycles. The van der Waals surface area contributed by atoms with Gasteiger partial charge in [-0.25, -0.2) is 0 Å². The van der Waals surface area contributed by atoms with Gasteiger partial charge in [-0.2, -0.15) is 0 Å².